The zero-order chi connectivity index (χ0) is 14.7. The summed E-state index contributed by atoms with van der Waals surface area (Å²) in [5.41, 5.74) is 0.916. The highest BCUT2D eigenvalue weighted by molar-refractivity contribution is 7.97. The first-order valence-electron chi connectivity index (χ1n) is 6.32. The van der Waals surface area contributed by atoms with Gasteiger partial charge in [-0.3, -0.25) is 9.59 Å². The average Bonchev–Trinajstić information content (AvgIpc) is 2.90. The van der Waals surface area contributed by atoms with Crippen LogP contribution in [-0.4, -0.2) is 41.2 Å². The Morgan fingerprint density at radius 3 is 2.85 bits per heavy atom. The summed E-state index contributed by atoms with van der Waals surface area (Å²) >= 11 is 1.48. The molecule has 0 aliphatic carbocycles. The lowest BCUT2D eigenvalue weighted by Crippen LogP contribution is -2.30. The van der Waals surface area contributed by atoms with Crippen LogP contribution >= 0.6 is 11.8 Å². The molecule has 1 N–H and O–H groups in total. The lowest BCUT2D eigenvalue weighted by atomic mass is 10.1. The molecule has 0 radical (unpaired) electrons. The van der Waals surface area contributed by atoms with Gasteiger partial charge in [-0.05, 0) is 36.4 Å². The van der Waals surface area contributed by atoms with Gasteiger partial charge in [0, 0.05) is 24.4 Å². The molecule has 0 unspecified atom stereocenters. The summed E-state index contributed by atoms with van der Waals surface area (Å²) in [6.45, 7) is 0.661. The summed E-state index contributed by atoms with van der Waals surface area (Å²) in [5.74, 6) is -1.41. The molecule has 1 aromatic rings. The fourth-order valence-electron chi connectivity index (χ4n) is 2.30. The number of thioether (sulfide) groups is 1. The van der Waals surface area contributed by atoms with Gasteiger partial charge in [0.25, 0.3) is 5.91 Å². The molecule has 20 heavy (non-hydrogen) atoms. The number of nitrogens with zero attached hydrogens (tertiary/aromatic N) is 1. The number of carbonyl (C=O) groups is 2. The van der Waals surface area contributed by atoms with Crippen LogP contribution in [0.5, 0.6) is 0 Å². The summed E-state index contributed by atoms with van der Waals surface area (Å²) in [7, 11) is 0. The second-order valence-electron chi connectivity index (χ2n) is 4.81. The van der Waals surface area contributed by atoms with Gasteiger partial charge < -0.3 is 10.0 Å². The predicted molar refractivity (Wildman–Crippen MR) is 75.3 cm³/mol. The van der Waals surface area contributed by atoms with Gasteiger partial charge in [-0.25, -0.2) is 4.39 Å². The minimum absolute atomic E-state index is 0.226. The van der Waals surface area contributed by atoms with E-state index in [1.165, 1.54) is 28.8 Å². The first-order valence-corrected chi connectivity index (χ1v) is 7.71. The maximum absolute atomic E-state index is 13.5. The molecule has 0 spiro atoms. The molecule has 4 nitrogen and oxygen atoms in total. The Kier molecular flexibility index (Phi) is 4.65. The lowest BCUT2D eigenvalue weighted by molar-refractivity contribution is -0.141. The van der Waals surface area contributed by atoms with Crippen LogP contribution in [0.1, 0.15) is 22.3 Å². The van der Waals surface area contributed by atoms with E-state index in [0.29, 0.717) is 29.8 Å². The molecule has 108 valence electrons. The van der Waals surface area contributed by atoms with Crippen molar-refractivity contribution in [1.29, 1.82) is 0 Å². The Morgan fingerprint density at radius 2 is 2.25 bits per heavy atom. The molecule has 1 saturated heterocycles. The molecular weight excluding hydrogens is 281 g/mol. The van der Waals surface area contributed by atoms with Crippen molar-refractivity contribution < 1.29 is 19.1 Å². The van der Waals surface area contributed by atoms with E-state index in [0.717, 1.165) is 0 Å². The van der Waals surface area contributed by atoms with E-state index in [4.69, 9.17) is 5.11 Å². The summed E-state index contributed by atoms with van der Waals surface area (Å²) in [6.07, 6.45) is 2.34. The van der Waals surface area contributed by atoms with Crippen LogP contribution in [-0.2, 0) is 10.5 Å². The van der Waals surface area contributed by atoms with Crippen LogP contribution in [0.4, 0.5) is 4.39 Å². The number of hydrogen-bond donors (Lipinski definition) is 1. The highest BCUT2D eigenvalue weighted by Gasteiger charge is 2.31. The minimum Gasteiger partial charge on any atom is -0.481 e. The summed E-state index contributed by atoms with van der Waals surface area (Å²) in [6, 6.07) is 4.31. The van der Waals surface area contributed by atoms with Crippen molar-refractivity contribution in [3.05, 3.63) is 35.1 Å². The number of hydrogen-bond acceptors (Lipinski definition) is 3. The molecule has 1 aliphatic heterocycles. The fourth-order valence-corrected chi connectivity index (χ4v) is 2.83. The molecule has 1 fully saturated rings. The Bertz CT molecular complexity index is 535. The maximum atomic E-state index is 13.5. The van der Waals surface area contributed by atoms with Crippen molar-refractivity contribution in [2.45, 2.75) is 12.2 Å². The van der Waals surface area contributed by atoms with E-state index >= 15 is 0 Å². The monoisotopic (exact) mass is 297 g/mol. The van der Waals surface area contributed by atoms with Gasteiger partial charge in [-0.1, -0.05) is 0 Å². The number of aliphatic carboxylic acids is 1. The van der Waals surface area contributed by atoms with Gasteiger partial charge >= 0.3 is 5.97 Å². The number of likely N-dealkylation sites (tertiary alicyclic amines) is 1. The standard InChI is InChI=1S/C14H16FNO3S/c1-20-8-11-6-9(2-3-12(11)15)13(17)16-5-4-10(7-16)14(18)19/h2-3,6,10H,4-5,7-8H2,1H3,(H,18,19)/t10-/m1/s1. The molecule has 1 aliphatic rings. The zero-order valence-corrected chi connectivity index (χ0v) is 12.0. The summed E-state index contributed by atoms with van der Waals surface area (Å²) in [5, 5.41) is 8.94. The first kappa shape index (κ1) is 14.8. The van der Waals surface area contributed by atoms with Gasteiger partial charge in [0.15, 0.2) is 0 Å². The second kappa shape index (κ2) is 6.26. The molecule has 1 atom stereocenters. The van der Waals surface area contributed by atoms with E-state index < -0.39 is 11.9 Å². The fraction of sp³-hybridized carbons (Fsp3) is 0.429. The number of halogens is 1. The van der Waals surface area contributed by atoms with Gasteiger partial charge in [0.1, 0.15) is 5.82 Å². The van der Waals surface area contributed by atoms with Crippen LogP contribution in [0.2, 0.25) is 0 Å². The summed E-state index contributed by atoms with van der Waals surface area (Å²) < 4.78 is 13.5. The van der Waals surface area contributed by atoms with Gasteiger partial charge in [-0.15, -0.1) is 0 Å². The number of carboxylic acid groups (broad SMARTS) is 1. The van der Waals surface area contributed by atoms with Crippen LogP contribution in [0, 0.1) is 11.7 Å². The van der Waals surface area contributed by atoms with Crippen molar-refractivity contribution in [2.75, 3.05) is 19.3 Å². The molecule has 1 heterocycles. The van der Waals surface area contributed by atoms with Crippen LogP contribution in [0.15, 0.2) is 18.2 Å². The van der Waals surface area contributed by atoms with E-state index in [2.05, 4.69) is 0 Å². The maximum Gasteiger partial charge on any atom is 0.308 e. The van der Waals surface area contributed by atoms with Gasteiger partial charge in [0.2, 0.25) is 0 Å². The van der Waals surface area contributed by atoms with Crippen molar-refractivity contribution >= 4 is 23.6 Å². The number of carbonyl (C=O) groups excluding carboxylic acids is 1. The number of amides is 1. The van der Waals surface area contributed by atoms with E-state index in [-0.39, 0.29) is 18.3 Å². The highest BCUT2D eigenvalue weighted by atomic mass is 32.2. The Balaban J connectivity index is 2.14. The predicted octanol–water partition coefficient (Wildman–Crippen LogP) is 2.24. The summed E-state index contributed by atoms with van der Waals surface area (Å²) in [4.78, 5) is 24.7. The third-order valence-corrected chi connectivity index (χ3v) is 4.02. The average molecular weight is 297 g/mol. The Morgan fingerprint density at radius 1 is 1.50 bits per heavy atom. The largest absolute Gasteiger partial charge is 0.481 e. The second-order valence-corrected chi connectivity index (χ2v) is 5.68. The zero-order valence-electron chi connectivity index (χ0n) is 11.1. The van der Waals surface area contributed by atoms with E-state index in [1.807, 2.05) is 6.26 Å². The van der Waals surface area contributed by atoms with Crippen molar-refractivity contribution in [2.24, 2.45) is 5.92 Å². The molecule has 0 aromatic heterocycles. The molecule has 1 amide bonds. The molecule has 1 aromatic carbocycles. The quantitative estimate of drug-likeness (QED) is 0.926. The van der Waals surface area contributed by atoms with Crippen LogP contribution < -0.4 is 0 Å². The highest BCUT2D eigenvalue weighted by Crippen LogP contribution is 2.21. The van der Waals surface area contributed by atoms with E-state index in [9.17, 15) is 14.0 Å². The van der Waals surface area contributed by atoms with Crippen molar-refractivity contribution in [3.63, 3.8) is 0 Å². The molecule has 6 heteroatoms. The van der Waals surface area contributed by atoms with E-state index in [1.54, 1.807) is 6.07 Å². The molecular formula is C14H16FNO3S. The Labute approximate surface area is 121 Å². The van der Waals surface area contributed by atoms with Crippen LogP contribution in [0.3, 0.4) is 0 Å². The molecule has 0 bridgehead atoms. The third kappa shape index (κ3) is 3.12. The number of rotatable bonds is 4. The normalized spacial score (nSPS) is 18.3. The number of carboxylic acids is 1. The van der Waals surface area contributed by atoms with Crippen molar-refractivity contribution in [1.82, 2.24) is 4.90 Å². The first-order chi connectivity index (χ1) is 9.52. The topological polar surface area (TPSA) is 57.6 Å². The molecule has 2 rings (SSSR count). The third-order valence-electron chi connectivity index (χ3n) is 3.42. The van der Waals surface area contributed by atoms with Gasteiger partial charge in [-0.2, -0.15) is 11.8 Å². The SMILES string of the molecule is CSCc1cc(C(=O)N2CC[C@@H](C(=O)O)C2)ccc1F. The number of benzene rings is 1. The molecule has 0 saturated carbocycles. The smallest absolute Gasteiger partial charge is 0.308 e. The Hall–Kier alpha value is -1.56. The minimum atomic E-state index is -0.873. The lowest BCUT2D eigenvalue weighted by Gasteiger charge is -2.16. The van der Waals surface area contributed by atoms with Crippen molar-refractivity contribution in [3.8, 4) is 0 Å². The van der Waals surface area contributed by atoms with Gasteiger partial charge in [0.05, 0.1) is 5.92 Å². The van der Waals surface area contributed by atoms with Crippen LogP contribution in [0.25, 0.3) is 0 Å².